The molecule has 1 aliphatic heterocycles. The van der Waals surface area contributed by atoms with E-state index in [1.54, 1.807) is 6.20 Å². The molecule has 0 aliphatic carbocycles. The molecule has 1 N–H and O–H groups in total. The highest BCUT2D eigenvalue weighted by molar-refractivity contribution is 5.79. The summed E-state index contributed by atoms with van der Waals surface area (Å²) in [6.07, 6.45) is 3.63. The van der Waals surface area contributed by atoms with Crippen LogP contribution in [0.1, 0.15) is 12.8 Å². The minimum absolute atomic E-state index is 0.0490. The monoisotopic (exact) mass is 277 g/mol. The molecule has 2 heterocycles. The summed E-state index contributed by atoms with van der Waals surface area (Å²) in [5, 5.41) is 11.0. The Morgan fingerprint density at radius 3 is 3.10 bits per heavy atom. The number of hydrogen-bond acceptors (Lipinski definition) is 5. The summed E-state index contributed by atoms with van der Waals surface area (Å²) >= 11 is 0. The Labute approximate surface area is 120 Å². The van der Waals surface area contributed by atoms with Crippen molar-refractivity contribution < 1.29 is 4.79 Å². The topological polar surface area (TPSA) is 61.4 Å². The van der Waals surface area contributed by atoms with E-state index >= 15 is 0 Å². The Bertz CT molecular complexity index is 423. The van der Waals surface area contributed by atoms with Crippen molar-refractivity contribution in [3.8, 4) is 0 Å². The van der Waals surface area contributed by atoms with Gasteiger partial charge in [-0.25, -0.2) is 0 Å². The van der Waals surface area contributed by atoms with E-state index in [9.17, 15) is 4.79 Å². The summed E-state index contributed by atoms with van der Waals surface area (Å²) < 4.78 is 0. The molecule has 1 aromatic heterocycles. The highest BCUT2D eigenvalue weighted by Gasteiger charge is 2.26. The minimum atomic E-state index is 0.0490. The summed E-state index contributed by atoms with van der Waals surface area (Å²) in [7, 11) is 4.01. The van der Waals surface area contributed by atoms with E-state index in [1.165, 1.54) is 0 Å². The van der Waals surface area contributed by atoms with Crippen molar-refractivity contribution >= 4 is 11.7 Å². The number of nitrogens with one attached hydrogen (secondary N) is 1. The molecule has 1 saturated heterocycles. The Balaban J connectivity index is 1.85. The number of piperidine rings is 1. The quantitative estimate of drug-likeness (QED) is 0.842. The zero-order valence-electron chi connectivity index (χ0n) is 12.2. The molecule has 6 heteroatoms. The van der Waals surface area contributed by atoms with Crippen molar-refractivity contribution in [2.24, 2.45) is 5.92 Å². The van der Waals surface area contributed by atoms with Crippen molar-refractivity contribution in [1.82, 2.24) is 20.4 Å². The molecule has 0 unspecified atom stereocenters. The third kappa shape index (κ3) is 4.16. The van der Waals surface area contributed by atoms with Gasteiger partial charge in [0.05, 0.1) is 5.92 Å². The van der Waals surface area contributed by atoms with Gasteiger partial charge in [-0.2, -0.15) is 5.10 Å². The number of hydrogen-bond donors (Lipinski definition) is 1. The van der Waals surface area contributed by atoms with E-state index in [4.69, 9.17) is 0 Å². The second kappa shape index (κ2) is 7.19. The number of nitrogens with zero attached hydrogens (tertiary/aromatic N) is 4. The second-order valence-corrected chi connectivity index (χ2v) is 5.46. The molecule has 0 bridgehead atoms. The maximum atomic E-state index is 12.2. The summed E-state index contributed by atoms with van der Waals surface area (Å²) in [4.78, 5) is 16.4. The lowest BCUT2D eigenvalue weighted by Crippen LogP contribution is -2.44. The smallest absolute Gasteiger partial charge is 0.224 e. The van der Waals surface area contributed by atoms with Crippen LogP contribution in [0.3, 0.4) is 0 Å². The SMILES string of the molecule is CN(C)CCNC(=O)[C@@H]1CCCN(c2cccnn2)C1. The average molecular weight is 277 g/mol. The molecule has 0 saturated carbocycles. The first-order valence-electron chi connectivity index (χ1n) is 7.12. The van der Waals surface area contributed by atoms with Crippen LogP contribution >= 0.6 is 0 Å². The standard InChI is InChI=1S/C14H23N5O/c1-18(2)10-8-15-14(20)12-5-4-9-19(11-12)13-6-3-7-16-17-13/h3,6-7,12H,4-5,8-11H2,1-2H3,(H,15,20)/t12-/m1/s1. The van der Waals surface area contributed by atoms with Gasteiger partial charge in [-0.05, 0) is 39.1 Å². The normalized spacial score (nSPS) is 19.1. The predicted octanol–water partition coefficient (Wildman–Crippen LogP) is 0.371. The minimum Gasteiger partial charge on any atom is -0.355 e. The summed E-state index contributed by atoms with van der Waals surface area (Å²) in [5.41, 5.74) is 0. The van der Waals surface area contributed by atoms with Crippen LogP contribution in [0.5, 0.6) is 0 Å². The van der Waals surface area contributed by atoms with Crippen LogP contribution in [-0.4, -0.2) is 61.3 Å². The third-order valence-electron chi connectivity index (χ3n) is 3.53. The third-order valence-corrected chi connectivity index (χ3v) is 3.53. The maximum Gasteiger partial charge on any atom is 0.224 e. The van der Waals surface area contributed by atoms with Crippen LogP contribution in [0.2, 0.25) is 0 Å². The lowest BCUT2D eigenvalue weighted by Gasteiger charge is -2.32. The van der Waals surface area contributed by atoms with E-state index in [1.807, 2.05) is 26.2 Å². The van der Waals surface area contributed by atoms with Crippen LogP contribution < -0.4 is 10.2 Å². The summed E-state index contributed by atoms with van der Waals surface area (Å²) in [6, 6.07) is 3.82. The van der Waals surface area contributed by atoms with Gasteiger partial charge in [0.25, 0.3) is 0 Å². The lowest BCUT2D eigenvalue weighted by molar-refractivity contribution is -0.125. The number of carbonyl (C=O) groups excluding carboxylic acids is 1. The van der Waals surface area contributed by atoms with E-state index in [0.717, 1.165) is 38.3 Å². The van der Waals surface area contributed by atoms with Gasteiger partial charge in [0.1, 0.15) is 0 Å². The zero-order chi connectivity index (χ0) is 14.4. The van der Waals surface area contributed by atoms with Crippen molar-refractivity contribution in [3.63, 3.8) is 0 Å². The molecule has 1 fully saturated rings. The van der Waals surface area contributed by atoms with E-state index in [-0.39, 0.29) is 11.8 Å². The van der Waals surface area contributed by atoms with Crippen LogP contribution in [0.25, 0.3) is 0 Å². The number of rotatable bonds is 5. The zero-order valence-corrected chi connectivity index (χ0v) is 12.2. The van der Waals surface area contributed by atoms with Crippen molar-refractivity contribution in [3.05, 3.63) is 18.3 Å². The Morgan fingerprint density at radius 2 is 2.40 bits per heavy atom. The first-order chi connectivity index (χ1) is 9.66. The van der Waals surface area contributed by atoms with Gasteiger partial charge in [0, 0.05) is 32.4 Å². The maximum absolute atomic E-state index is 12.2. The molecule has 1 amide bonds. The average Bonchev–Trinajstić information content (AvgIpc) is 2.48. The van der Waals surface area contributed by atoms with Gasteiger partial charge in [-0.1, -0.05) is 0 Å². The molecule has 0 spiro atoms. The molecule has 20 heavy (non-hydrogen) atoms. The largest absolute Gasteiger partial charge is 0.355 e. The fourth-order valence-electron chi connectivity index (χ4n) is 2.41. The van der Waals surface area contributed by atoms with Gasteiger partial charge in [0.2, 0.25) is 5.91 Å². The molecule has 2 rings (SSSR count). The summed E-state index contributed by atoms with van der Waals surface area (Å²) in [5.74, 6) is 1.06. The molecule has 0 radical (unpaired) electrons. The molecule has 0 aromatic carbocycles. The Kier molecular flexibility index (Phi) is 5.29. The second-order valence-electron chi connectivity index (χ2n) is 5.46. The van der Waals surface area contributed by atoms with Gasteiger partial charge in [0.15, 0.2) is 5.82 Å². The number of amides is 1. The van der Waals surface area contributed by atoms with Crippen LogP contribution in [0.15, 0.2) is 18.3 Å². The van der Waals surface area contributed by atoms with Crippen LogP contribution in [0, 0.1) is 5.92 Å². The van der Waals surface area contributed by atoms with Crippen molar-refractivity contribution in [2.45, 2.75) is 12.8 Å². The van der Waals surface area contributed by atoms with Crippen LogP contribution in [0.4, 0.5) is 5.82 Å². The number of likely N-dealkylation sites (N-methyl/N-ethyl adjacent to an activating group) is 1. The highest BCUT2D eigenvalue weighted by atomic mass is 16.1. The van der Waals surface area contributed by atoms with Gasteiger partial charge in [-0.3, -0.25) is 4.79 Å². The molecule has 1 aromatic rings. The lowest BCUT2D eigenvalue weighted by atomic mass is 9.97. The fourth-order valence-corrected chi connectivity index (χ4v) is 2.41. The fraction of sp³-hybridized carbons (Fsp3) is 0.643. The van der Waals surface area contributed by atoms with Crippen molar-refractivity contribution in [2.75, 3.05) is 45.2 Å². The number of aromatic nitrogens is 2. The molecular formula is C14H23N5O. The highest BCUT2D eigenvalue weighted by Crippen LogP contribution is 2.20. The van der Waals surface area contributed by atoms with Crippen LogP contribution in [-0.2, 0) is 4.79 Å². The first-order valence-corrected chi connectivity index (χ1v) is 7.12. The van der Waals surface area contributed by atoms with Crippen molar-refractivity contribution in [1.29, 1.82) is 0 Å². The molecular weight excluding hydrogens is 254 g/mol. The molecule has 1 aliphatic rings. The van der Waals surface area contributed by atoms with Gasteiger partial charge in [-0.15, -0.1) is 5.10 Å². The Morgan fingerprint density at radius 1 is 1.55 bits per heavy atom. The summed E-state index contributed by atoms with van der Waals surface area (Å²) in [6.45, 7) is 3.24. The first kappa shape index (κ1) is 14.7. The molecule has 6 nitrogen and oxygen atoms in total. The van der Waals surface area contributed by atoms with Gasteiger partial charge < -0.3 is 15.1 Å². The van der Waals surface area contributed by atoms with E-state index in [0.29, 0.717) is 6.54 Å². The van der Waals surface area contributed by atoms with E-state index in [2.05, 4.69) is 25.3 Å². The van der Waals surface area contributed by atoms with E-state index < -0.39 is 0 Å². The number of carbonyl (C=O) groups is 1. The number of anilines is 1. The molecule has 110 valence electrons. The Hall–Kier alpha value is -1.69. The predicted molar refractivity (Wildman–Crippen MR) is 78.5 cm³/mol. The molecule has 1 atom stereocenters. The van der Waals surface area contributed by atoms with Gasteiger partial charge >= 0.3 is 0 Å².